The molecule has 1 aromatic heterocycles. The molecule has 0 saturated heterocycles. The Bertz CT molecular complexity index is 669. The fraction of sp³-hybridized carbons (Fsp3) is 0.0714. The number of amides is 1. The van der Waals surface area contributed by atoms with Crippen molar-refractivity contribution in [2.75, 3.05) is 5.32 Å². The molecule has 5 nitrogen and oxygen atoms in total. The van der Waals surface area contributed by atoms with Crippen molar-refractivity contribution in [1.29, 1.82) is 0 Å². The van der Waals surface area contributed by atoms with E-state index in [1.54, 1.807) is 37.3 Å². The number of nitrogens with zero attached hydrogens (tertiary/aromatic N) is 1. The molecule has 0 fully saturated rings. The first-order chi connectivity index (χ1) is 9.49. The van der Waals surface area contributed by atoms with Crippen LogP contribution in [0.1, 0.15) is 26.4 Å². The van der Waals surface area contributed by atoms with Gasteiger partial charge in [-0.15, -0.1) is 0 Å². The molecule has 1 amide bonds. The van der Waals surface area contributed by atoms with Crippen molar-refractivity contribution in [2.45, 2.75) is 6.92 Å². The Morgan fingerprint density at radius 2 is 2.00 bits per heavy atom. The van der Waals surface area contributed by atoms with Gasteiger partial charge in [0.25, 0.3) is 5.91 Å². The third-order valence-electron chi connectivity index (χ3n) is 2.69. The van der Waals surface area contributed by atoms with Gasteiger partial charge < -0.3 is 10.4 Å². The van der Waals surface area contributed by atoms with Gasteiger partial charge in [-0.1, -0.05) is 12.1 Å². The van der Waals surface area contributed by atoms with Gasteiger partial charge in [-0.3, -0.25) is 4.79 Å². The van der Waals surface area contributed by atoms with Crippen LogP contribution in [0, 0.1) is 6.92 Å². The SMILES string of the molecule is Cc1cccc(NC(=O)c2ccc(Br)cn2)c1C(=O)O. The van der Waals surface area contributed by atoms with Crippen LogP contribution in [0.25, 0.3) is 0 Å². The Labute approximate surface area is 123 Å². The van der Waals surface area contributed by atoms with Crippen molar-refractivity contribution in [3.05, 3.63) is 57.8 Å². The minimum Gasteiger partial charge on any atom is -0.478 e. The van der Waals surface area contributed by atoms with Crippen molar-refractivity contribution in [2.24, 2.45) is 0 Å². The first-order valence-electron chi connectivity index (χ1n) is 5.75. The number of hydrogen-bond acceptors (Lipinski definition) is 3. The lowest BCUT2D eigenvalue weighted by atomic mass is 10.1. The molecule has 20 heavy (non-hydrogen) atoms. The van der Waals surface area contributed by atoms with Gasteiger partial charge in [-0.25, -0.2) is 9.78 Å². The van der Waals surface area contributed by atoms with Crippen LogP contribution in [-0.4, -0.2) is 22.0 Å². The van der Waals surface area contributed by atoms with Gasteiger partial charge in [-0.05, 0) is 46.6 Å². The Kier molecular flexibility index (Phi) is 4.14. The number of carbonyl (C=O) groups is 2. The number of carboxylic acids is 1. The summed E-state index contributed by atoms with van der Waals surface area (Å²) in [6.45, 7) is 1.68. The number of aryl methyl sites for hydroxylation is 1. The zero-order chi connectivity index (χ0) is 14.7. The molecule has 0 aliphatic heterocycles. The van der Waals surface area contributed by atoms with E-state index in [-0.39, 0.29) is 16.9 Å². The van der Waals surface area contributed by atoms with Crippen LogP contribution in [-0.2, 0) is 0 Å². The molecule has 0 unspecified atom stereocenters. The number of hydrogen-bond donors (Lipinski definition) is 2. The molecular formula is C14H11BrN2O3. The lowest BCUT2D eigenvalue weighted by Gasteiger charge is -2.10. The maximum absolute atomic E-state index is 12.0. The minimum atomic E-state index is -1.08. The van der Waals surface area contributed by atoms with Gasteiger partial charge in [0.05, 0.1) is 11.3 Å². The first-order valence-corrected chi connectivity index (χ1v) is 6.54. The van der Waals surface area contributed by atoms with Crippen molar-refractivity contribution in [1.82, 2.24) is 4.98 Å². The second kappa shape index (κ2) is 5.83. The van der Waals surface area contributed by atoms with E-state index in [1.807, 2.05) is 0 Å². The molecule has 0 saturated carbocycles. The maximum Gasteiger partial charge on any atom is 0.338 e. The van der Waals surface area contributed by atoms with Gasteiger partial charge in [0, 0.05) is 10.7 Å². The summed E-state index contributed by atoms with van der Waals surface area (Å²) in [4.78, 5) is 27.2. The zero-order valence-corrected chi connectivity index (χ0v) is 12.1. The van der Waals surface area contributed by atoms with Crippen molar-refractivity contribution >= 4 is 33.5 Å². The summed E-state index contributed by atoms with van der Waals surface area (Å²) in [5.41, 5.74) is 1.13. The highest BCUT2D eigenvalue weighted by Gasteiger charge is 2.16. The number of rotatable bonds is 3. The molecule has 0 bridgehead atoms. The molecule has 6 heteroatoms. The quantitative estimate of drug-likeness (QED) is 0.903. The van der Waals surface area contributed by atoms with E-state index in [1.165, 1.54) is 6.20 Å². The fourth-order valence-corrected chi connectivity index (χ4v) is 1.99. The average molecular weight is 335 g/mol. The largest absolute Gasteiger partial charge is 0.478 e. The Morgan fingerprint density at radius 3 is 2.60 bits per heavy atom. The molecular weight excluding hydrogens is 324 g/mol. The lowest BCUT2D eigenvalue weighted by molar-refractivity contribution is 0.0697. The summed E-state index contributed by atoms with van der Waals surface area (Å²) in [7, 11) is 0. The Balaban J connectivity index is 2.30. The Morgan fingerprint density at radius 1 is 1.25 bits per heavy atom. The smallest absolute Gasteiger partial charge is 0.338 e. The molecule has 2 rings (SSSR count). The number of carbonyl (C=O) groups excluding carboxylic acids is 1. The number of aromatic carboxylic acids is 1. The van der Waals surface area contributed by atoms with E-state index < -0.39 is 11.9 Å². The van der Waals surface area contributed by atoms with Gasteiger partial charge in [0.15, 0.2) is 0 Å². The second-order valence-corrected chi connectivity index (χ2v) is 5.03. The second-order valence-electron chi connectivity index (χ2n) is 4.12. The highest BCUT2D eigenvalue weighted by atomic mass is 79.9. The molecule has 1 heterocycles. The van der Waals surface area contributed by atoms with E-state index in [0.717, 1.165) is 4.47 Å². The minimum absolute atomic E-state index is 0.0814. The zero-order valence-electron chi connectivity index (χ0n) is 10.6. The van der Waals surface area contributed by atoms with Crippen LogP contribution >= 0.6 is 15.9 Å². The lowest BCUT2D eigenvalue weighted by Crippen LogP contribution is -2.16. The fourth-order valence-electron chi connectivity index (χ4n) is 1.75. The predicted octanol–water partition coefficient (Wildman–Crippen LogP) is 3.10. The van der Waals surface area contributed by atoms with E-state index in [2.05, 4.69) is 26.2 Å². The third kappa shape index (κ3) is 3.03. The summed E-state index contributed by atoms with van der Waals surface area (Å²) in [6, 6.07) is 8.16. The van der Waals surface area contributed by atoms with Gasteiger partial charge in [0.2, 0.25) is 0 Å². The number of halogens is 1. The molecule has 2 aromatic rings. The van der Waals surface area contributed by atoms with Crippen molar-refractivity contribution in [3.8, 4) is 0 Å². The number of anilines is 1. The molecule has 102 valence electrons. The standard InChI is InChI=1S/C14H11BrN2O3/c1-8-3-2-4-10(12(8)14(19)20)17-13(18)11-6-5-9(15)7-16-11/h2-7H,1H3,(H,17,18)(H,19,20). The first kappa shape index (κ1) is 14.2. The summed E-state index contributed by atoms with van der Waals surface area (Å²) in [6.07, 6.45) is 1.50. The normalized spacial score (nSPS) is 10.1. The summed E-state index contributed by atoms with van der Waals surface area (Å²) >= 11 is 3.23. The number of aromatic nitrogens is 1. The Hall–Kier alpha value is -2.21. The van der Waals surface area contributed by atoms with Crippen molar-refractivity contribution < 1.29 is 14.7 Å². The molecule has 1 aromatic carbocycles. The van der Waals surface area contributed by atoms with Crippen LogP contribution in [0.2, 0.25) is 0 Å². The van der Waals surface area contributed by atoms with E-state index in [4.69, 9.17) is 0 Å². The topological polar surface area (TPSA) is 79.3 Å². The van der Waals surface area contributed by atoms with Gasteiger partial charge in [-0.2, -0.15) is 0 Å². The van der Waals surface area contributed by atoms with Crippen LogP contribution in [0.3, 0.4) is 0 Å². The monoisotopic (exact) mass is 334 g/mol. The number of nitrogens with one attached hydrogen (secondary N) is 1. The molecule has 0 atom stereocenters. The summed E-state index contributed by atoms with van der Waals surface area (Å²) in [5, 5.41) is 11.8. The number of pyridine rings is 1. The number of benzene rings is 1. The maximum atomic E-state index is 12.0. The average Bonchev–Trinajstić information content (AvgIpc) is 2.39. The molecule has 2 N–H and O–H groups in total. The van der Waals surface area contributed by atoms with E-state index in [0.29, 0.717) is 5.56 Å². The molecule has 0 spiro atoms. The molecule has 0 radical (unpaired) electrons. The van der Waals surface area contributed by atoms with Crippen LogP contribution in [0.15, 0.2) is 41.0 Å². The number of carboxylic acid groups (broad SMARTS) is 1. The summed E-state index contributed by atoms with van der Waals surface area (Å²) < 4.78 is 0.760. The highest BCUT2D eigenvalue weighted by Crippen LogP contribution is 2.20. The van der Waals surface area contributed by atoms with Crippen molar-refractivity contribution in [3.63, 3.8) is 0 Å². The predicted molar refractivity (Wildman–Crippen MR) is 78.0 cm³/mol. The van der Waals surface area contributed by atoms with Gasteiger partial charge in [0.1, 0.15) is 5.69 Å². The summed E-state index contributed by atoms with van der Waals surface area (Å²) in [5.74, 6) is -1.53. The van der Waals surface area contributed by atoms with Crippen LogP contribution in [0.4, 0.5) is 5.69 Å². The van der Waals surface area contributed by atoms with E-state index in [9.17, 15) is 14.7 Å². The highest BCUT2D eigenvalue weighted by molar-refractivity contribution is 9.10. The van der Waals surface area contributed by atoms with Crippen LogP contribution in [0.5, 0.6) is 0 Å². The van der Waals surface area contributed by atoms with Gasteiger partial charge >= 0.3 is 5.97 Å². The molecule has 0 aliphatic carbocycles. The molecule has 0 aliphatic rings. The third-order valence-corrected chi connectivity index (χ3v) is 3.16. The van der Waals surface area contributed by atoms with Crippen LogP contribution < -0.4 is 5.32 Å². The van der Waals surface area contributed by atoms with E-state index >= 15 is 0 Å².